The lowest BCUT2D eigenvalue weighted by Crippen LogP contribution is -2.43. The van der Waals surface area contributed by atoms with Crippen molar-refractivity contribution in [2.24, 2.45) is 0 Å². The fourth-order valence-electron chi connectivity index (χ4n) is 1.78. The lowest BCUT2D eigenvalue weighted by molar-refractivity contribution is -0.133. The number of rotatable bonds is 2. The van der Waals surface area contributed by atoms with Gasteiger partial charge in [0.1, 0.15) is 0 Å². The third-order valence-electron chi connectivity index (χ3n) is 2.76. The Morgan fingerprint density at radius 2 is 2.05 bits per heavy atom. The predicted molar refractivity (Wildman–Crippen MR) is 61.1 cm³/mol. The van der Waals surface area contributed by atoms with Gasteiger partial charge in [0, 0.05) is 13.2 Å². The van der Waals surface area contributed by atoms with Gasteiger partial charge in [0.15, 0.2) is 11.6 Å². The second kappa shape index (κ2) is 4.68. The molecule has 1 heterocycles. The lowest BCUT2D eigenvalue weighted by Gasteiger charge is -2.28. The number of amides is 2. The van der Waals surface area contributed by atoms with Gasteiger partial charge in [-0.05, 0) is 17.7 Å². The van der Waals surface area contributed by atoms with Crippen molar-refractivity contribution in [3.05, 3.63) is 47.2 Å². The van der Waals surface area contributed by atoms with Crippen LogP contribution in [0.3, 0.4) is 0 Å². The third kappa shape index (κ3) is 2.40. The molecular formula is C12H10F2N2O3. The zero-order chi connectivity index (χ0) is 14.2. The van der Waals surface area contributed by atoms with Gasteiger partial charge in [0.25, 0.3) is 0 Å². The first-order valence-electron chi connectivity index (χ1n) is 5.33. The maximum absolute atomic E-state index is 13.2. The third-order valence-corrected chi connectivity index (χ3v) is 2.76. The van der Waals surface area contributed by atoms with Crippen LogP contribution in [0.4, 0.5) is 13.6 Å². The van der Waals surface area contributed by atoms with Crippen LogP contribution >= 0.6 is 0 Å². The number of carbonyl (C=O) groups is 2. The molecule has 1 aliphatic heterocycles. The minimum Gasteiger partial charge on any atom is -0.478 e. The maximum Gasteiger partial charge on any atom is 0.335 e. The molecule has 0 aliphatic carbocycles. The number of benzene rings is 1. The zero-order valence-corrected chi connectivity index (χ0v) is 9.85. The summed E-state index contributed by atoms with van der Waals surface area (Å²) in [7, 11) is 1.39. The highest BCUT2D eigenvalue weighted by atomic mass is 19.2. The molecule has 0 radical (unpaired) electrons. The second-order valence-corrected chi connectivity index (χ2v) is 4.06. The van der Waals surface area contributed by atoms with E-state index in [1.807, 2.05) is 0 Å². The molecule has 0 fully saturated rings. The largest absolute Gasteiger partial charge is 0.478 e. The minimum atomic E-state index is -1.25. The average molecular weight is 268 g/mol. The van der Waals surface area contributed by atoms with Crippen molar-refractivity contribution in [2.75, 3.05) is 7.05 Å². The van der Waals surface area contributed by atoms with Crippen LogP contribution in [-0.4, -0.2) is 29.1 Å². The highest BCUT2D eigenvalue weighted by Gasteiger charge is 2.30. The van der Waals surface area contributed by atoms with Crippen LogP contribution in [-0.2, 0) is 4.79 Å². The van der Waals surface area contributed by atoms with Crippen LogP contribution in [0, 0.1) is 11.6 Å². The summed E-state index contributed by atoms with van der Waals surface area (Å²) in [5.41, 5.74) is 0.0297. The lowest BCUT2D eigenvalue weighted by atomic mass is 9.98. The van der Waals surface area contributed by atoms with Gasteiger partial charge in [-0.1, -0.05) is 6.07 Å². The van der Waals surface area contributed by atoms with Crippen molar-refractivity contribution >= 4 is 12.0 Å². The van der Waals surface area contributed by atoms with Gasteiger partial charge < -0.3 is 15.3 Å². The molecule has 0 saturated carbocycles. The number of halogens is 2. The summed E-state index contributed by atoms with van der Waals surface area (Å²) in [5.74, 6) is -3.39. The summed E-state index contributed by atoms with van der Waals surface area (Å²) in [5, 5.41) is 11.5. The molecule has 5 nitrogen and oxygen atoms in total. The van der Waals surface area contributed by atoms with Crippen LogP contribution in [0.2, 0.25) is 0 Å². The minimum absolute atomic E-state index is 0.131. The van der Waals surface area contributed by atoms with Gasteiger partial charge in [-0.15, -0.1) is 0 Å². The van der Waals surface area contributed by atoms with E-state index in [2.05, 4.69) is 5.32 Å². The molecular weight excluding hydrogens is 258 g/mol. The van der Waals surface area contributed by atoms with E-state index in [1.54, 1.807) is 0 Å². The molecule has 1 unspecified atom stereocenters. The van der Waals surface area contributed by atoms with Crippen molar-refractivity contribution in [3.8, 4) is 0 Å². The monoisotopic (exact) mass is 268 g/mol. The first-order chi connectivity index (χ1) is 8.90. The molecule has 0 aromatic heterocycles. The Balaban J connectivity index is 2.46. The van der Waals surface area contributed by atoms with E-state index in [-0.39, 0.29) is 11.1 Å². The first-order valence-corrected chi connectivity index (χ1v) is 5.33. The van der Waals surface area contributed by atoms with Crippen molar-refractivity contribution in [1.29, 1.82) is 0 Å². The molecule has 1 aliphatic rings. The van der Waals surface area contributed by atoms with Crippen molar-refractivity contribution in [2.45, 2.75) is 6.04 Å². The quantitative estimate of drug-likeness (QED) is 0.856. The van der Waals surface area contributed by atoms with Crippen LogP contribution < -0.4 is 5.32 Å². The highest BCUT2D eigenvalue weighted by molar-refractivity contribution is 5.92. The first kappa shape index (κ1) is 13.0. The van der Waals surface area contributed by atoms with E-state index >= 15 is 0 Å². The van der Waals surface area contributed by atoms with Gasteiger partial charge in [0.05, 0.1) is 11.6 Å². The van der Waals surface area contributed by atoms with E-state index in [0.29, 0.717) is 0 Å². The van der Waals surface area contributed by atoms with Crippen molar-refractivity contribution in [3.63, 3.8) is 0 Å². The number of carboxylic acid groups (broad SMARTS) is 1. The maximum atomic E-state index is 13.2. The summed E-state index contributed by atoms with van der Waals surface area (Å²) < 4.78 is 26.0. The summed E-state index contributed by atoms with van der Waals surface area (Å²) in [6.45, 7) is 0. The Kier molecular flexibility index (Phi) is 3.20. The summed E-state index contributed by atoms with van der Waals surface area (Å²) in [6.07, 6.45) is 1.15. The predicted octanol–water partition coefficient (Wildman–Crippen LogP) is 1.63. The molecule has 7 heteroatoms. The van der Waals surface area contributed by atoms with E-state index in [1.165, 1.54) is 13.1 Å². The van der Waals surface area contributed by atoms with Crippen LogP contribution in [0.15, 0.2) is 30.0 Å². The van der Waals surface area contributed by atoms with Crippen molar-refractivity contribution < 1.29 is 23.5 Å². The molecule has 0 spiro atoms. The van der Waals surface area contributed by atoms with Gasteiger partial charge >= 0.3 is 12.0 Å². The molecule has 2 amide bonds. The molecule has 1 atom stereocenters. The molecule has 2 N–H and O–H groups in total. The van der Waals surface area contributed by atoms with E-state index in [9.17, 15) is 18.4 Å². The number of aliphatic carboxylic acids is 1. The Hall–Kier alpha value is -2.44. The fourth-order valence-corrected chi connectivity index (χ4v) is 1.78. The van der Waals surface area contributed by atoms with Crippen LogP contribution in [0.25, 0.3) is 0 Å². The Morgan fingerprint density at radius 3 is 2.63 bits per heavy atom. The average Bonchev–Trinajstić information content (AvgIpc) is 2.35. The highest BCUT2D eigenvalue weighted by Crippen LogP contribution is 2.26. The molecule has 2 rings (SSSR count). The van der Waals surface area contributed by atoms with Gasteiger partial charge in [-0.2, -0.15) is 0 Å². The van der Waals surface area contributed by atoms with Crippen LogP contribution in [0.1, 0.15) is 11.6 Å². The molecule has 100 valence electrons. The summed E-state index contributed by atoms with van der Waals surface area (Å²) >= 11 is 0. The smallest absolute Gasteiger partial charge is 0.335 e. The molecule has 0 saturated heterocycles. The Bertz CT molecular complexity index is 586. The number of hydrogen-bond donors (Lipinski definition) is 2. The number of carbonyl (C=O) groups excluding carboxylic acids is 1. The number of nitrogens with zero attached hydrogens (tertiary/aromatic N) is 1. The number of nitrogens with one attached hydrogen (secondary N) is 1. The van der Waals surface area contributed by atoms with Gasteiger partial charge in [0.2, 0.25) is 0 Å². The SMILES string of the molecule is CN1C=C(C(=O)O)C(c2ccc(F)c(F)c2)NC1=O. The number of urea groups is 1. The Morgan fingerprint density at radius 1 is 1.37 bits per heavy atom. The van der Waals surface area contributed by atoms with E-state index < -0.39 is 29.7 Å². The normalized spacial score (nSPS) is 18.9. The number of carboxylic acids is 1. The van der Waals surface area contributed by atoms with E-state index in [0.717, 1.165) is 23.2 Å². The number of hydrogen-bond acceptors (Lipinski definition) is 2. The summed E-state index contributed by atoms with van der Waals surface area (Å²) in [6, 6.07) is 1.43. The molecule has 1 aromatic carbocycles. The molecule has 0 bridgehead atoms. The van der Waals surface area contributed by atoms with Crippen LogP contribution in [0.5, 0.6) is 0 Å². The van der Waals surface area contributed by atoms with Crippen molar-refractivity contribution in [1.82, 2.24) is 10.2 Å². The summed E-state index contributed by atoms with van der Waals surface area (Å²) in [4.78, 5) is 23.7. The van der Waals surface area contributed by atoms with Gasteiger partial charge in [-0.25, -0.2) is 18.4 Å². The second-order valence-electron chi connectivity index (χ2n) is 4.06. The Labute approximate surface area is 107 Å². The standard InChI is InChI=1S/C12H10F2N2O3/c1-16-5-7(11(17)18)10(15-12(16)19)6-2-3-8(13)9(14)4-6/h2-5,10H,1H3,(H,15,19)(H,17,18). The van der Waals surface area contributed by atoms with E-state index in [4.69, 9.17) is 5.11 Å². The topological polar surface area (TPSA) is 69.6 Å². The molecule has 19 heavy (non-hydrogen) atoms. The van der Waals surface area contributed by atoms with Gasteiger partial charge in [-0.3, -0.25) is 0 Å². The zero-order valence-electron chi connectivity index (χ0n) is 9.85. The molecule has 1 aromatic rings. The fraction of sp³-hybridized carbons (Fsp3) is 0.167.